The molecule has 7 nitrogen and oxygen atoms in total. The molecule has 0 radical (unpaired) electrons. The summed E-state index contributed by atoms with van der Waals surface area (Å²) < 4.78 is 18.7. The van der Waals surface area contributed by atoms with Crippen molar-refractivity contribution in [2.45, 2.75) is 19.4 Å². The van der Waals surface area contributed by atoms with Crippen molar-refractivity contribution in [3.63, 3.8) is 0 Å². The van der Waals surface area contributed by atoms with Crippen molar-refractivity contribution in [1.29, 1.82) is 0 Å². The van der Waals surface area contributed by atoms with Gasteiger partial charge < -0.3 is 9.80 Å². The summed E-state index contributed by atoms with van der Waals surface area (Å²) in [4.78, 5) is 25.9. The second-order valence-electron chi connectivity index (χ2n) is 7.71. The van der Waals surface area contributed by atoms with E-state index in [1.165, 1.54) is 40.6 Å². The summed E-state index contributed by atoms with van der Waals surface area (Å²) in [5.41, 5.74) is 1.73. The first-order chi connectivity index (χ1) is 15.5. The fourth-order valence-corrected chi connectivity index (χ4v) is 5.33. The third kappa shape index (κ3) is 4.42. The molecule has 164 valence electrons. The number of anilines is 2. The minimum absolute atomic E-state index is 0.00274. The number of hydrogen-bond acceptors (Lipinski definition) is 7. The van der Waals surface area contributed by atoms with Gasteiger partial charge in [0, 0.05) is 49.7 Å². The van der Waals surface area contributed by atoms with Crippen LogP contribution in [0.2, 0.25) is 0 Å². The maximum Gasteiger partial charge on any atom is 0.324 e. The highest BCUT2D eigenvalue weighted by Crippen LogP contribution is 2.27. The summed E-state index contributed by atoms with van der Waals surface area (Å²) in [5, 5.41) is 4.22. The summed E-state index contributed by atoms with van der Waals surface area (Å²) in [5.74, 6) is 0.477. The summed E-state index contributed by atoms with van der Waals surface area (Å²) in [6.45, 7) is 3.95. The molecule has 1 saturated heterocycles. The number of rotatable bonds is 4. The normalized spacial score (nSPS) is 16.5. The molecule has 2 aromatic carbocycles. The van der Waals surface area contributed by atoms with Gasteiger partial charge in [0.2, 0.25) is 5.13 Å². The Bertz CT molecular complexity index is 1240. The lowest BCUT2D eigenvalue weighted by Crippen LogP contribution is -2.55. The lowest BCUT2D eigenvalue weighted by atomic mass is 10.1. The first kappa shape index (κ1) is 20.8. The van der Waals surface area contributed by atoms with E-state index < -0.39 is 0 Å². The third-order valence-corrected chi connectivity index (χ3v) is 7.15. The average Bonchev–Trinajstić information content (AvgIpc) is 3.40. The Morgan fingerprint density at radius 1 is 1.19 bits per heavy atom. The number of carbonyl (C=O) groups is 1. The van der Waals surface area contributed by atoms with Crippen LogP contribution in [0, 0.1) is 5.82 Å². The molecule has 0 bridgehead atoms. The van der Waals surface area contributed by atoms with Crippen molar-refractivity contribution >= 4 is 49.4 Å². The van der Waals surface area contributed by atoms with Crippen LogP contribution >= 0.6 is 22.9 Å². The third-order valence-electron chi connectivity index (χ3n) is 5.38. The first-order valence-corrected chi connectivity index (χ1v) is 11.9. The van der Waals surface area contributed by atoms with E-state index in [2.05, 4.69) is 31.7 Å². The number of aromatic nitrogens is 3. The molecule has 10 heteroatoms. The van der Waals surface area contributed by atoms with Gasteiger partial charge in [0.25, 0.3) is 0 Å². The van der Waals surface area contributed by atoms with Crippen LogP contribution in [0.5, 0.6) is 0 Å². The Morgan fingerprint density at radius 3 is 2.84 bits per heavy atom. The van der Waals surface area contributed by atoms with Crippen molar-refractivity contribution < 1.29 is 9.18 Å². The lowest BCUT2D eigenvalue weighted by molar-refractivity contribution is 0.185. The van der Waals surface area contributed by atoms with E-state index in [4.69, 9.17) is 4.98 Å². The molecule has 2 amide bonds. The maximum atomic E-state index is 13.4. The number of hydrogen-bond donors (Lipinski definition) is 1. The average molecular weight is 469 g/mol. The zero-order valence-electron chi connectivity index (χ0n) is 17.4. The molecular weight excluding hydrogens is 447 g/mol. The van der Waals surface area contributed by atoms with Crippen molar-refractivity contribution in [2.24, 2.45) is 0 Å². The monoisotopic (exact) mass is 468 g/mol. The molecule has 1 atom stereocenters. The van der Waals surface area contributed by atoms with Crippen LogP contribution in [0.15, 0.2) is 48.5 Å². The Hall–Kier alpha value is -3.11. The Morgan fingerprint density at radius 2 is 2.03 bits per heavy atom. The topological polar surface area (TPSA) is 74.2 Å². The van der Waals surface area contributed by atoms with Gasteiger partial charge in [-0.2, -0.15) is 4.37 Å². The van der Waals surface area contributed by atoms with E-state index in [-0.39, 0.29) is 17.9 Å². The summed E-state index contributed by atoms with van der Waals surface area (Å²) >= 11 is 2.74. The summed E-state index contributed by atoms with van der Waals surface area (Å²) in [6, 6.07) is 14.4. The van der Waals surface area contributed by atoms with Crippen LogP contribution in [-0.2, 0) is 6.42 Å². The highest BCUT2D eigenvalue weighted by atomic mass is 32.1. The highest BCUT2D eigenvalue weighted by Gasteiger charge is 2.29. The molecule has 5 rings (SSSR count). The van der Waals surface area contributed by atoms with Crippen LogP contribution < -0.4 is 10.2 Å². The lowest BCUT2D eigenvalue weighted by Gasteiger charge is -2.39. The predicted molar refractivity (Wildman–Crippen MR) is 126 cm³/mol. The van der Waals surface area contributed by atoms with Gasteiger partial charge in [-0.25, -0.2) is 19.2 Å². The van der Waals surface area contributed by atoms with Crippen LogP contribution in [0.1, 0.15) is 18.3 Å². The minimum Gasteiger partial charge on any atom is -0.343 e. The largest absolute Gasteiger partial charge is 0.343 e. The van der Waals surface area contributed by atoms with Crippen LogP contribution in [-0.4, -0.2) is 50.9 Å². The van der Waals surface area contributed by atoms with Crippen molar-refractivity contribution in [1.82, 2.24) is 19.2 Å². The SMILES string of the molecule is CC1CN(c2nc(Cc3ccccc3)ns2)CCN1C(=O)Nc1nc2cc(F)ccc2s1. The van der Waals surface area contributed by atoms with Gasteiger partial charge in [-0.3, -0.25) is 5.32 Å². The Labute approximate surface area is 192 Å². The fourth-order valence-electron chi connectivity index (χ4n) is 3.77. The van der Waals surface area contributed by atoms with Crippen molar-refractivity contribution in [3.8, 4) is 0 Å². The quantitative estimate of drug-likeness (QED) is 0.473. The predicted octanol–water partition coefficient (Wildman–Crippen LogP) is 4.62. The number of urea groups is 1. The molecule has 0 aliphatic carbocycles. The maximum absolute atomic E-state index is 13.4. The molecule has 32 heavy (non-hydrogen) atoms. The number of fused-ring (bicyclic) bond motifs is 1. The number of thiazole rings is 1. The molecule has 4 aromatic rings. The molecule has 1 fully saturated rings. The molecule has 1 aliphatic heterocycles. The van der Waals surface area contributed by atoms with Crippen molar-refractivity contribution in [2.75, 3.05) is 29.9 Å². The summed E-state index contributed by atoms with van der Waals surface area (Å²) in [6.07, 6.45) is 0.710. The van der Waals surface area contributed by atoms with Gasteiger partial charge in [0.15, 0.2) is 5.13 Å². The molecular formula is C22H21FN6OS2. The highest BCUT2D eigenvalue weighted by molar-refractivity contribution is 7.22. The van der Waals surface area contributed by atoms with Gasteiger partial charge in [0.05, 0.1) is 10.2 Å². The van der Waals surface area contributed by atoms with Gasteiger partial charge in [-0.15, -0.1) is 0 Å². The number of amides is 2. The van der Waals surface area contributed by atoms with E-state index in [0.29, 0.717) is 36.7 Å². The van der Waals surface area contributed by atoms with Crippen molar-refractivity contribution in [3.05, 3.63) is 65.7 Å². The zero-order chi connectivity index (χ0) is 22.1. The Kier molecular flexibility index (Phi) is 5.71. The number of nitrogens with one attached hydrogen (secondary N) is 1. The molecule has 1 unspecified atom stereocenters. The van der Waals surface area contributed by atoms with Gasteiger partial charge in [-0.1, -0.05) is 41.7 Å². The second-order valence-corrected chi connectivity index (χ2v) is 9.47. The fraction of sp³-hybridized carbons (Fsp3) is 0.273. The number of benzene rings is 2. The minimum atomic E-state index is -0.339. The van der Waals surface area contributed by atoms with E-state index in [1.54, 1.807) is 11.0 Å². The van der Waals surface area contributed by atoms with E-state index in [0.717, 1.165) is 15.7 Å². The van der Waals surface area contributed by atoms with Gasteiger partial charge in [-0.05, 0) is 24.6 Å². The van der Waals surface area contributed by atoms with E-state index in [9.17, 15) is 9.18 Å². The number of piperazine rings is 1. The first-order valence-electron chi connectivity index (χ1n) is 10.3. The van der Waals surface area contributed by atoms with E-state index in [1.807, 2.05) is 25.1 Å². The van der Waals surface area contributed by atoms with Gasteiger partial charge >= 0.3 is 6.03 Å². The Balaban J connectivity index is 1.20. The molecule has 2 aromatic heterocycles. The zero-order valence-corrected chi connectivity index (χ0v) is 19.0. The molecule has 3 heterocycles. The molecule has 0 saturated carbocycles. The summed E-state index contributed by atoms with van der Waals surface area (Å²) in [7, 11) is 0. The van der Waals surface area contributed by atoms with Crippen LogP contribution in [0.25, 0.3) is 10.2 Å². The molecule has 1 aliphatic rings. The molecule has 0 spiro atoms. The number of halogens is 1. The second kappa shape index (κ2) is 8.79. The van der Waals surface area contributed by atoms with E-state index >= 15 is 0 Å². The molecule has 1 N–H and O–H groups in total. The van der Waals surface area contributed by atoms with Crippen LogP contribution in [0.3, 0.4) is 0 Å². The smallest absolute Gasteiger partial charge is 0.324 e. The number of carbonyl (C=O) groups excluding carboxylic acids is 1. The van der Waals surface area contributed by atoms with Crippen LogP contribution in [0.4, 0.5) is 19.4 Å². The standard InChI is InChI=1S/C22H21FN6OS2/c1-14-13-28(22-25-19(27-32-22)11-15-5-3-2-4-6-15)9-10-29(14)21(30)26-20-24-17-12-16(23)7-8-18(17)31-20/h2-8,12,14H,9-11,13H2,1H3,(H,24,26,30). The van der Waals surface area contributed by atoms with Gasteiger partial charge in [0.1, 0.15) is 11.6 Å². The number of nitrogens with zero attached hydrogens (tertiary/aromatic N) is 5.